The van der Waals surface area contributed by atoms with Crippen molar-refractivity contribution in [1.82, 2.24) is 0 Å². The number of azo groups is 1. The molecule has 0 N–H and O–H groups in total. The quantitative estimate of drug-likeness (QED) is 0.112. The van der Waals surface area contributed by atoms with Crippen LogP contribution in [0.5, 0.6) is 11.5 Å². The van der Waals surface area contributed by atoms with Gasteiger partial charge >= 0.3 is 5.97 Å². The highest BCUT2D eigenvalue weighted by molar-refractivity contribution is 5.84. The highest BCUT2D eigenvalue weighted by atomic mass is 16.5. The summed E-state index contributed by atoms with van der Waals surface area (Å²) in [6, 6.07) is 14.4. The smallest absolute Gasteiger partial charge is 0.335 e. The van der Waals surface area contributed by atoms with Crippen LogP contribution in [0, 0.1) is 0 Å². The number of rotatable bonds is 13. The normalized spacial score (nSPS) is 11.3. The summed E-state index contributed by atoms with van der Waals surface area (Å²) < 4.78 is 10.7. The van der Waals surface area contributed by atoms with Crippen LogP contribution in [0.2, 0.25) is 0 Å². The molecule has 2 aromatic carbocycles. The topological polar surface area (TPSA) is 60.2 Å². The number of nitrogens with zero attached hydrogens (tertiary/aromatic N) is 2. The fourth-order valence-corrected chi connectivity index (χ4v) is 2.84. The number of hydrogen-bond donors (Lipinski definition) is 0. The van der Waals surface area contributed by atoms with E-state index in [-0.39, 0.29) is 5.97 Å². The number of benzene rings is 2. The Bertz CT molecular complexity index is 796. The van der Waals surface area contributed by atoms with Crippen molar-refractivity contribution in [2.45, 2.75) is 58.8 Å². The molecule has 0 fully saturated rings. The first-order valence-corrected chi connectivity index (χ1v) is 10.8. The molecule has 0 saturated carbocycles. The van der Waals surface area contributed by atoms with E-state index in [1.165, 1.54) is 38.2 Å². The van der Waals surface area contributed by atoms with E-state index in [4.69, 9.17) is 9.47 Å². The lowest BCUT2D eigenvalue weighted by Gasteiger charge is -2.02. The maximum Gasteiger partial charge on any atom is 0.335 e. The first kappa shape index (κ1) is 23.3. The van der Waals surface area contributed by atoms with Crippen molar-refractivity contribution in [2.75, 3.05) is 6.61 Å². The number of ether oxygens (including phenoxy) is 2. The molecule has 0 spiro atoms. The van der Waals surface area contributed by atoms with Crippen LogP contribution in [0.15, 0.2) is 70.9 Å². The summed E-state index contributed by atoms with van der Waals surface area (Å²) in [6.07, 6.45) is 11.8. The molecule has 5 heteroatoms. The van der Waals surface area contributed by atoms with Gasteiger partial charge in [-0.3, -0.25) is 0 Å². The minimum absolute atomic E-state index is 0.357. The summed E-state index contributed by atoms with van der Waals surface area (Å²) in [5.74, 6) is 0.942. The molecule has 2 rings (SSSR count). The fourth-order valence-electron chi connectivity index (χ4n) is 2.84. The Morgan fingerprint density at radius 2 is 1.37 bits per heavy atom. The third kappa shape index (κ3) is 9.50. The third-order valence-corrected chi connectivity index (χ3v) is 4.46. The van der Waals surface area contributed by atoms with Gasteiger partial charge in [0.15, 0.2) is 0 Å². The third-order valence-electron chi connectivity index (χ3n) is 4.46. The molecule has 0 bridgehead atoms. The summed E-state index contributed by atoms with van der Waals surface area (Å²) in [6.45, 7) is 4.80. The van der Waals surface area contributed by atoms with Crippen LogP contribution in [0.3, 0.4) is 0 Å². The highest BCUT2D eigenvalue weighted by Gasteiger charge is 2.01. The van der Waals surface area contributed by atoms with Crippen molar-refractivity contribution >= 4 is 17.3 Å². The lowest BCUT2D eigenvalue weighted by molar-refractivity contribution is -0.129. The Balaban J connectivity index is 1.73. The van der Waals surface area contributed by atoms with Crippen LogP contribution in [0.1, 0.15) is 58.8 Å². The van der Waals surface area contributed by atoms with E-state index >= 15 is 0 Å². The van der Waals surface area contributed by atoms with Gasteiger partial charge in [0, 0.05) is 6.08 Å². The van der Waals surface area contributed by atoms with Crippen molar-refractivity contribution in [3.05, 3.63) is 60.7 Å². The fraction of sp³-hybridized carbons (Fsp3) is 0.400. The van der Waals surface area contributed by atoms with Gasteiger partial charge in [0.1, 0.15) is 11.5 Å². The van der Waals surface area contributed by atoms with Gasteiger partial charge in [0.25, 0.3) is 0 Å². The van der Waals surface area contributed by atoms with Crippen LogP contribution in [-0.4, -0.2) is 12.6 Å². The van der Waals surface area contributed by atoms with Gasteiger partial charge in [-0.05, 0) is 68.3 Å². The van der Waals surface area contributed by atoms with Crippen molar-refractivity contribution in [2.24, 2.45) is 10.2 Å². The van der Waals surface area contributed by atoms with E-state index in [0.717, 1.165) is 24.3 Å². The molecule has 0 aliphatic heterocycles. The van der Waals surface area contributed by atoms with Crippen LogP contribution in [-0.2, 0) is 4.79 Å². The molecule has 0 aliphatic carbocycles. The summed E-state index contributed by atoms with van der Waals surface area (Å²) in [7, 11) is 0. The molecule has 160 valence electrons. The minimum atomic E-state index is -0.357. The molecule has 0 aromatic heterocycles. The molecule has 0 atom stereocenters. The summed E-state index contributed by atoms with van der Waals surface area (Å²) in [5.41, 5.74) is 1.42. The summed E-state index contributed by atoms with van der Waals surface area (Å²) in [5, 5.41) is 8.40. The highest BCUT2D eigenvalue weighted by Crippen LogP contribution is 2.23. The van der Waals surface area contributed by atoms with Crippen LogP contribution >= 0.6 is 0 Å². The van der Waals surface area contributed by atoms with Crippen molar-refractivity contribution in [1.29, 1.82) is 0 Å². The second-order valence-corrected chi connectivity index (χ2v) is 7.00. The average Bonchev–Trinajstić information content (AvgIpc) is 2.76. The van der Waals surface area contributed by atoms with Gasteiger partial charge in [-0.25, -0.2) is 4.79 Å². The summed E-state index contributed by atoms with van der Waals surface area (Å²) in [4.78, 5) is 11.9. The second-order valence-electron chi connectivity index (χ2n) is 7.00. The van der Waals surface area contributed by atoms with E-state index in [9.17, 15) is 4.79 Å². The molecule has 0 aliphatic rings. The average molecular weight is 409 g/mol. The van der Waals surface area contributed by atoms with Gasteiger partial charge in [-0.15, -0.1) is 0 Å². The van der Waals surface area contributed by atoms with Gasteiger partial charge in [-0.1, -0.05) is 45.1 Å². The molecular formula is C25H32N2O3. The lowest BCUT2D eigenvalue weighted by atomic mass is 10.1. The van der Waals surface area contributed by atoms with Gasteiger partial charge in [0.05, 0.1) is 18.0 Å². The molecule has 2 aromatic rings. The number of unbranched alkanes of at least 4 members (excludes halogenated alkanes) is 6. The predicted molar refractivity (Wildman–Crippen MR) is 121 cm³/mol. The molecule has 0 amide bonds. The van der Waals surface area contributed by atoms with E-state index in [1.54, 1.807) is 24.3 Å². The first-order valence-electron chi connectivity index (χ1n) is 10.8. The zero-order valence-electron chi connectivity index (χ0n) is 18.0. The number of esters is 1. The van der Waals surface area contributed by atoms with Crippen molar-refractivity contribution in [3.8, 4) is 11.5 Å². The van der Waals surface area contributed by atoms with Gasteiger partial charge in [0.2, 0.25) is 0 Å². The first-order chi connectivity index (χ1) is 14.7. The lowest BCUT2D eigenvalue weighted by Crippen LogP contribution is -2.03. The molecule has 0 saturated heterocycles. The van der Waals surface area contributed by atoms with E-state index in [0.29, 0.717) is 18.0 Å². The molecule has 0 unspecified atom stereocenters. The molecule has 0 radical (unpaired) electrons. The van der Waals surface area contributed by atoms with Crippen molar-refractivity contribution < 1.29 is 14.3 Å². The predicted octanol–water partition coefficient (Wildman–Crippen LogP) is 7.71. The number of carbonyl (C=O) groups is 1. The Kier molecular flexibility index (Phi) is 11.0. The SMILES string of the molecule is CCCCCCCCC=CC(=O)Oc1ccc(N=Nc2ccc(OCC)cc2)cc1. The number of hydrogen-bond acceptors (Lipinski definition) is 5. The Morgan fingerprint density at radius 1 is 0.800 bits per heavy atom. The van der Waals surface area contributed by atoms with Crippen LogP contribution in [0.4, 0.5) is 11.4 Å². The summed E-state index contributed by atoms with van der Waals surface area (Å²) >= 11 is 0. The number of carbonyl (C=O) groups excluding carboxylic acids is 1. The Morgan fingerprint density at radius 3 is 1.97 bits per heavy atom. The van der Waals surface area contributed by atoms with Crippen LogP contribution in [0.25, 0.3) is 0 Å². The monoisotopic (exact) mass is 408 g/mol. The molecule has 5 nitrogen and oxygen atoms in total. The maximum absolute atomic E-state index is 11.9. The maximum atomic E-state index is 11.9. The Hall–Kier alpha value is -2.95. The largest absolute Gasteiger partial charge is 0.494 e. The van der Waals surface area contributed by atoms with Crippen molar-refractivity contribution in [3.63, 3.8) is 0 Å². The Labute approximate surface area is 179 Å². The molecule has 0 heterocycles. The van der Waals surface area contributed by atoms with E-state index in [2.05, 4.69) is 17.2 Å². The molecule has 30 heavy (non-hydrogen) atoms. The van der Waals surface area contributed by atoms with E-state index < -0.39 is 0 Å². The minimum Gasteiger partial charge on any atom is -0.494 e. The van der Waals surface area contributed by atoms with Gasteiger partial charge < -0.3 is 9.47 Å². The number of allylic oxidation sites excluding steroid dienone is 1. The van der Waals surface area contributed by atoms with E-state index in [1.807, 2.05) is 37.3 Å². The molecular weight excluding hydrogens is 376 g/mol. The van der Waals surface area contributed by atoms with Gasteiger partial charge in [-0.2, -0.15) is 10.2 Å². The zero-order valence-corrected chi connectivity index (χ0v) is 18.0. The second kappa shape index (κ2) is 14.1. The standard InChI is InChI=1S/C25H32N2O3/c1-3-5-6-7-8-9-10-11-12-25(28)30-24-19-15-22(16-20-24)27-26-21-13-17-23(18-14-21)29-4-2/h11-20H,3-10H2,1-2H3. The zero-order chi connectivity index (χ0) is 21.4. The van der Waals surface area contributed by atoms with Crippen LogP contribution < -0.4 is 9.47 Å².